The van der Waals surface area contributed by atoms with E-state index in [0.717, 1.165) is 12.1 Å². The molecule has 0 fully saturated rings. The summed E-state index contributed by atoms with van der Waals surface area (Å²) in [6.07, 6.45) is -3.07. The van der Waals surface area contributed by atoms with E-state index in [2.05, 4.69) is 4.98 Å². The van der Waals surface area contributed by atoms with Crippen molar-refractivity contribution in [3.63, 3.8) is 0 Å². The molecule has 0 aliphatic heterocycles. The SMILES string of the molecule is Nc1cc(-c2cccc(C(F)(F)F)c2)c[nH]c1=O. The van der Waals surface area contributed by atoms with Crippen molar-refractivity contribution in [2.75, 3.05) is 5.73 Å². The largest absolute Gasteiger partial charge is 0.416 e. The normalized spacial score (nSPS) is 11.5. The fourth-order valence-electron chi connectivity index (χ4n) is 1.54. The minimum atomic E-state index is -4.40. The molecule has 0 unspecified atom stereocenters. The average Bonchev–Trinajstić information content (AvgIpc) is 2.32. The quantitative estimate of drug-likeness (QED) is 0.821. The highest BCUT2D eigenvalue weighted by atomic mass is 19.4. The fourth-order valence-corrected chi connectivity index (χ4v) is 1.54. The topological polar surface area (TPSA) is 58.9 Å². The Morgan fingerprint density at radius 2 is 1.83 bits per heavy atom. The van der Waals surface area contributed by atoms with Gasteiger partial charge in [0.15, 0.2) is 0 Å². The van der Waals surface area contributed by atoms with Gasteiger partial charge >= 0.3 is 6.18 Å². The third-order valence-corrected chi connectivity index (χ3v) is 2.46. The van der Waals surface area contributed by atoms with Gasteiger partial charge in [0.25, 0.3) is 5.56 Å². The summed E-state index contributed by atoms with van der Waals surface area (Å²) < 4.78 is 37.6. The van der Waals surface area contributed by atoms with Gasteiger partial charge in [0.05, 0.1) is 11.3 Å². The van der Waals surface area contributed by atoms with Gasteiger partial charge in [-0.25, -0.2) is 0 Å². The molecule has 0 saturated carbocycles. The zero-order valence-corrected chi connectivity index (χ0v) is 9.08. The number of alkyl halides is 3. The summed E-state index contributed by atoms with van der Waals surface area (Å²) >= 11 is 0. The van der Waals surface area contributed by atoms with Crippen LogP contribution >= 0.6 is 0 Å². The smallest absolute Gasteiger partial charge is 0.394 e. The van der Waals surface area contributed by atoms with Crippen molar-refractivity contribution in [3.05, 3.63) is 52.4 Å². The fraction of sp³-hybridized carbons (Fsp3) is 0.0833. The van der Waals surface area contributed by atoms with E-state index in [0.29, 0.717) is 11.1 Å². The first-order valence-electron chi connectivity index (χ1n) is 5.04. The molecule has 0 aliphatic rings. The number of aromatic nitrogens is 1. The number of nitrogens with one attached hydrogen (secondary N) is 1. The molecule has 0 atom stereocenters. The lowest BCUT2D eigenvalue weighted by atomic mass is 10.0. The van der Waals surface area contributed by atoms with Crippen LogP contribution in [0.3, 0.4) is 0 Å². The van der Waals surface area contributed by atoms with Crippen LogP contribution in [-0.4, -0.2) is 4.98 Å². The van der Waals surface area contributed by atoms with Crippen molar-refractivity contribution in [1.82, 2.24) is 4.98 Å². The van der Waals surface area contributed by atoms with Crippen LogP contribution in [0.4, 0.5) is 18.9 Å². The number of rotatable bonds is 1. The van der Waals surface area contributed by atoms with Crippen LogP contribution in [-0.2, 0) is 6.18 Å². The van der Waals surface area contributed by atoms with Crippen LogP contribution in [0.25, 0.3) is 11.1 Å². The van der Waals surface area contributed by atoms with Crippen molar-refractivity contribution in [2.24, 2.45) is 0 Å². The lowest BCUT2D eigenvalue weighted by molar-refractivity contribution is -0.137. The molecule has 3 nitrogen and oxygen atoms in total. The van der Waals surface area contributed by atoms with Gasteiger partial charge in [-0.1, -0.05) is 12.1 Å². The molecule has 0 saturated heterocycles. The molecule has 0 aliphatic carbocycles. The van der Waals surface area contributed by atoms with E-state index in [1.54, 1.807) is 0 Å². The lowest BCUT2D eigenvalue weighted by Gasteiger charge is -2.08. The Morgan fingerprint density at radius 1 is 1.11 bits per heavy atom. The molecule has 2 rings (SSSR count). The number of nitrogens with two attached hydrogens (primary N) is 1. The highest BCUT2D eigenvalue weighted by Gasteiger charge is 2.30. The van der Waals surface area contributed by atoms with Gasteiger partial charge in [-0.15, -0.1) is 0 Å². The molecule has 6 heteroatoms. The summed E-state index contributed by atoms with van der Waals surface area (Å²) in [4.78, 5) is 13.4. The second-order valence-electron chi connectivity index (χ2n) is 3.75. The highest BCUT2D eigenvalue weighted by molar-refractivity contribution is 5.66. The van der Waals surface area contributed by atoms with Crippen molar-refractivity contribution >= 4 is 5.69 Å². The van der Waals surface area contributed by atoms with E-state index in [1.165, 1.54) is 24.4 Å². The minimum Gasteiger partial charge on any atom is -0.394 e. The Labute approximate surface area is 100 Å². The number of nitrogen functional groups attached to an aromatic ring is 1. The molecule has 0 bridgehead atoms. The van der Waals surface area contributed by atoms with Crippen LogP contribution in [0.1, 0.15) is 5.56 Å². The summed E-state index contributed by atoms with van der Waals surface area (Å²) in [7, 11) is 0. The standard InChI is InChI=1S/C12H9F3N2O/c13-12(14,15)9-3-1-2-7(4-9)8-5-10(16)11(18)17-6-8/h1-6H,16H2,(H,17,18). The van der Waals surface area contributed by atoms with E-state index < -0.39 is 17.3 Å². The predicted molar refractivity (Wildman–Crippen MR) is 61.9 cm³/mol. The van der Waals surface area contributed by atoms with Crippen LogP contribution in [0.2, 0.25) is 0 Å². The molecule has 0 spiro atoms. The maximum atomic E-state index is 12.5. The summed E-state index contributed by atoms with van der Waals surface area (Å²) in [5.41, 5.74) is 4.94. The molecule has 2 aromatic rings. The molecule has 1 aromatic carbocycles. The molecule has 1 aromatic heterocycles. The van der Waals surface area contributed by atoms with Crippen molar-refractivity contribution in [3.8, 4) is 11.1 Å². The van der Waals surface area contributed by atoms with Gasteiger partial charge in [0, 0.05) is 11.8 Å². The van der Waals surface area contributed by atoms with Crippen LogP contribution in [0.5, 0.6) is 0 Å². The second kappa shape index (κ2) is 4.21. The number of H-pyrrole nitrogens is 1. The van der Waals surface area contributed by atoms with Crippen molar-refractivity contribution < 1.29 is 13.2 Å². The van der Waals surface area contributed by atoms with E-state index in [-0.39, 0.29) is 5.69 Å². The molecular weight excluding hydrogens is 245 g/mol. The van der Waals surface area contributed by atoms with E-state index in [1.807, 2.05) is 0 Å². The third-order valence-electron chi connectivity index (χ3n) is 2.46. The lowest BCUT2D eigenvalue weighted by Crippen LogP contribution is -2.10. The summed E-state index contributed by atoms with van der Waals surface area (Å²) in [5.74, 6) is 0. The second-order valence-corrected chi connectivity index (χ2v) is 3.75. The van der Waals surface area contributed by atoms with Crippen LogP contribution < -0.4 is 11.3 Å². The first kappa shape index (κ1) is 12.2. The maximum Gasteiger partial charge on any atom is 0.416 e. The maximum absolute atomic E-state index is 12.5. The number of halogens is 3. The van der Waals surface area contributed by atoms with E-state index in [4.69, 9.17) is 5.73 Å². The predicted octanol–water partition coefficient (Wildman–Crippen LogP) is 2.64. The Morgan fingerprint density at radius 3 is 2.44 bits per heavy atom. The van der Waals surface area contributed by atoms with Crippen molar-refractivity contribution in [2.45, 2.75) is 6.18 Å². The number of anilines is 1. The summed E-state index contributed by atoms with van der Waals surface area (Å²) in [6.45, 7) is 0. The van der Waals surface area contributed by atoms with Gasteiger partial charge in [-0.2, -0.15) is 13.2 Å². The molecule has 1 heterocycles. The monoisotopic (exact) mass is 254 g/mol. The Hall–Kier alpha value is -2.24. The Balaban J connectivity index is 2.51. The molecule has 0 radical (unpaired) electrons. The van der Waals surface area contributed by atoms with Gasteiger partial charge in [-0.05, 0) is 23.8 Å². The van der Waals surface area contributed by atoms with Crippen LogP contribution in [0, 0.1) is 0 Å². The number of hydrogen-bond acceptors (Lipinski definition) is 2. The van der Waals surface area contributed by atoms with Gasteiger partial charge in [0.2, 0.25) is 0 Å². The molecule has 3 N–H and O–H groups in total. The number of hydrogen-bond donors (Lipinski definition) is 2. The summed E-state index contributed by atoms with van der Waals surface area (Å²) in [5, 5.41) is 0. The third kappa shape index (κ3) is 2.37. The molecular formula is C12H9F3N2O. The number of aromatic amines is 1. The van der Waals surface area contributed by atoms with E-state index >= 15 is 0 Å². The van der Waals surface area contributed by atoms with Gasteiger partial charge < -0.3 is 10.7 Å². The first-order chi connectivity index (χ1) is 8.38. The average molecular weight is 254 g/mol. The molecule has 18 heavy (non-hydrogen) atoms. The minimum absolute atomic E-state index is 0.0371. The van der Waals surface area contributed by atoms with Crippen LogP contribution in [0.15, 0.2) is 41.3 Å². The number of pyridine rings is 1. The Kier molecular flexibility index (Phi) is 2.86. The van der Waals surface area contributed by atoms with Gasteiger partial charge in [0.1, 0.15) is 0 Å². The first-order valence-corrected chi connectivity index (χ1v) is 5.04. The molecule has 0 amide bonds. The van der Waals surface area contributed by atoms with Gasteiger partial charge in [-0.3, -0.25) is 4.79 Å². The zero-order chi connectivity index (χ0) is 13.3. The number of benzene rings is 1. The van der Waals surface area contributed by atoms with E-state index in [9.17, 15) is 18.0 Å². The highest BCUT2D eigenvalue weighted by Crippen LogP contribution is 2.31. The van der Waals surface area contributed by atoms with Crippen molar-refractivity contribution in [1.29, 1.82) is 0 Å². The Bertz CT molecular complexity index is 632. The zero-order valence-electron chi connectivity index (χ0n) is 9.08. The summed E-state index contributed by atoms with van der Waals surface area (Å²) in [6, 6.07) is 6.15. The molecule has 94 valence electrons.